The molecule has 0 N–H and O–H groups in total. The Kier molecular flexibility index (Phi) is 3.66. The highest BCUT2D eigenvalue weighted by Gasteiger charge is 2.32. The highest BCUT2D eigenvalue weighted by Crippen LogP contribution is 2.41. The third kappa shape index (κ3) is 2.38. The summed E-state index contributed by atoms with van der Waals surface area (Å²) < 4.78 is 0. The minimum absolute atomic E-state index is 0.121. The van der Waals surface area contributed by atoms with Crippen LogP contribution in [0.1, 0.15) is 5.56 Å². The lowest BCUT2D eigenvalue weighted by Crippen LogP contribution is -2.52. The Morgan fingerprint density at radius 2 is 1.42 bits per heavy atom. The van der Waals surface area contributed by atoms with Gasteiger partial charge in [-0.15, -0.1) is 0 Å². The minimum atomic E-state index is 0.121. The van der Waals surface area contributed by atoms with Gasteiger partial charge in [0.2, 0.25) is 6.71 Å². The number of fused-ring (bicyclic) bond motifs is 1. The van der Waals surface area contributed by atoms with Crippen molar-refractivity contribution in [3.05, 3.63) is 103 Å². The van der Waals surface area contributed by atoms with Gasteiger partial charge in [0.15, 0.2) is 0 Å². The fourth-order valence-corrected chi connectivity index (χ4v) is 5.87. The molecular formula is C30H19BN2. The van der Waals surface area contributed by atoms with Gasteiger partial charge in [-0.3, -0.25) is 0 Å². The Balaban J connectivity index is 1.74. The van der Waals surface area contributed by atoms with Crippen molar-refractivity contribution in [3.8, 4) is 6.07 Å². The number of para-hydroxylation sites is 1. The second-order valence-electron chi connectivity index (χ2n) is 8.92. The van der Waals surface area contributed by atoms with Gasteiger partial charge in [0.05, 0.1) is 11.6 Å². The molecule has 2 nitrogen and oxygen atoms in total. The second kappa shape index (κ2) is 6.61. The van der Waals surface area contributed by atoms with Crippen LogP contribution in [0.3, 0.4) is 0 Å². The summed E-state index contributed by atoms with van der Waals surface area (Å²) in [6.45, 7) is 0.121. The van der Waals surface area contributed by atoms with Gasteiger partial charge in [-0.2, -0.15) is 5.26 Å². The molecule has 0 aromatic heterocycles. The van der Waals surface area contributed by atoms with Crippen LogP contribution in [0.5, 0.6) is 0 Å². The van der Waals surface area contributed by atoms with Crippen LogP contribution in [0, 0.1) is 11.3 Å². The van der Waals surface area contributed by atoms with Gasteiger partial charge in [-0.05, 0) is 45.2 Å². The van der Waals surface area contributed by atoms with E-state index in [4.69, 9.17) is 0 Å². The van der Waals surface area contributed by atoms with Crippen molar-refractivity contribution in [1.82, 2.24) is 0 Å². The molecule has 152 valence electrons. The Hall–Kier alpha value is -4.29. The number of anilines is 2. The molecule has 6 aromatic carbocycles. The molecular weight excluding hydrogens is 399 g/mol. The smallest absolute Gasteiger partial charge is 0.244 e. The van der Waals surface area contributed by atoms with Crippen LogP contribution >= 0.6 is 0 Å². The topological polar surface area (TPSA) is 27.0 Å². The summed E-state index contributed by atoms with van der Waals surface area (Å²) in [7, 11) is 2.17. The first-order valence-electron chi connectivity index (χ1n) is 11.3. The first kappa shape index (κ1) is 18.3. The van der Waals surface area contributed by atoms with E-state index in [0.717, 1.165) is 10.9 Å². The molecule has 1 heterocycles. The fraction of sp³-hybridized carbons (Fsp3) is 0.0333. The molecule has 6 aromatic rings. The zero-order chi connectivity index (χ0) is 22.1. The number of nitriles is 1. The number of hydrogen-bond donors (Lipinski definition) is 0. The number of hydrogen-bond acceptors (Lipinski definition) is 2. The quantitative estimate of drug-likeness (QED) is 0.276. The summed E-state index contributed by atoms with van der Waals surface area (Å²) in [6, 6.07) is 37.2. The van der Waals surface area contributed by atoms with Gasteiger partial charge in [-0.25, -0.2) is 0 Å². The lowest BCUT2D eigenvalue weighted by molar-refractivity contribution is 1.23. The average molecular weight is 418 g/mol. The Bertz CT molecular complexity index is 1750. The number of nitrogens with zero attached hydrogens (tertiary/aromatic N) is 2. The summed E-state index contributed by atoms with van der Waals surface area (Å²) in [5.74, 6) is 0. The summed E-state index contributed by atoms with van der Waals surface area (Å²) in [4.78, 5) is 2.33. The van der Waals surface area contributed by atoms with Gasteiger partial charge >= 0.3 is 0 Å². The standard InChI is InChI=1S/C30H19BN2/c1-33-26-10-6-5-9-24(26)31(22-7-3-2-4-8-22)25-17-20-11-12-21(18-32)23-15-13-19-14-16-27(33)30(25)29(19)28(20)23/h2-17H,1H3. The van der Waals surface area contributed by atoms with E-state index in [-0.39, 0.29) is 6.71 Å². The van der Waals surface area contributed by atoms with Crippen LogP contribution in [0.15, 0.2) is 97.1 Å². The highest BCUT2D eigenvalue weighted by molar-refractivity contribution is 6.98. The third-order valence-electron chi connectivity index (χ3n) is 7.31. The van der Waals surface area contributed by atoms with E-state index in [1.165, 1.54) is 54.7 Å². The van der Waals surface area contributed by atoms with E-state index in [9.17, 15) is 5.26 Å². The van der Waals surface area contributed by atoms with Crippen LogP contribution in [0.4, 0.5) is 11.4 Å². The molecule has 0 spiro atoms. The molecule has 0 atom stereocenters. The van der Waals surface area contributed by atoms with Crippen LogP contribution in [0.25, 0.3) is 32.3 Å². The van der Waals surface area contributed by atoms with Crippen molar-refractivity contribution in [3.63, 3.8) is 0 Å². The molecule has 0 amide bonds. The van der Waals surface area contributed by atoms with Crippen LogP contribution in [0.2, 0.25) is 0 Å². The molecule has 0 saturated carbocycles. The fourth-order valence-electron chi connectivity index (χ4n) is 5.87. The Labute approximate surface area is 192 Å². The molecule has 3 heteroatoms. The molecule has 1 aliphatic rings. The summed E-state index contributed by atoms with van der Waals surface area (Å²) in [5, 5.41) is 17.0. The van der Waals surface area contributed by atoms with Gasteiger partial charge < -0.3 is 4.90 Å². The largest absolute Gasteiger partial charge is 0.345 e. The lowest BCUT2D eigenvalue weighted by atomic mass is 9.36. The Morgan fingerprint density at radius 3 is 2.27 bits per heavy atom. The third-order valence-corrected chi connectivity index (χ3v) is 7.31. The molecule has 0 unspecified atom stereocenters. The van der Waals surface area contributed by atoms with E-state index in [2.05, 4.69) is 109 Å². The molecule has 0 aliphatic carbocycles. The maximum Gasteiger partial charge on any atom is 0.244 e. The van der Waals surface area contributed by atoms with E-state index >= 15 is 0 Å². The predicted octanol–water partition coefficient (Wildman–Crippen LogP) is 5.05. The Morgan fingerprint density at radius 1 is 0.667 bits per heavy atom. The first-order valence-corrected chi connectivity index (χ1v) is 11.3. The van der Waals surface area contributed by atoms with Crippen molar-refractivity contribution in [2.24, 2.45) is 0 Å². The van der Waals surface area contributed by atoms with Crippen LogP contribution in [-0.4, -0.2) is 13.8 Å². The molecule has 0 radical (unpaired) electrons. The summed E-state index contributed by atoms with van der Waals surface area (Å²) >= 11 is 0. The van der Waals surface area contributed by atoms with E-state index in [1.807, 2.05) is 6.07 Å². The second-order valence-corrected chi connectivity index (χ2v) is 8.92. The van der Waals surface area contributed by atoms with Gasteiger partial charge in [0.25, 0.3) is 0 Å². The van der Waals surface area contributed by atoms with Gasteiger partial charge in [0.1, 0.15) is 0 Å². The van der Waals surface area contributed by atoms with E-state index in [1.54, 1.807) is 0 Å². The molecule has 7 rings (SSSR count). The van der Waals surface area contributed by atoms with E-state index in [0.29, 0.717) is 0 Å². The molecule has 33 heavy (non-hydrogen) atoms. The normalized spacial score (nSPS) is 12.8. The average Bonchev–Trinajstić information content (AvgIpc) is 2.98. The van der Waals surface area contributed by atoms with Crippen molar-refractivity contribution in [2.75, 3.05) is 11.9 Å². The summed E-state index contributed by atoms with van der Waals surface area (Å²) in [5.41, 5.74) is 7.09. The number of rotatable bonds is 1. The monoisotopic (exact) mass is 418 g/mol. The maximum absolute atomic E-state index is 9.77. The first-order chi connectivity index (χ1) is 16.3. The van der Waals surface area contributed by atoms with Gasteiger partial charge in [0, 0.05) is 29.2 Å². The van der Waals surface area contributed by atoms with Crippen molar-refractivity contribution in [2.45, 2.75) is 0 Å². The molecule has 0 fully saturated rings. The lowest BCUT2D eigenvalue weighted by Gasteiger charge is -2.23. The van der Waals surface area contributed by atoms with Crippen LogP contribution in [-0.2, 0) is 0 Å². The minimum Gasteiger partial charge on any atom is -0.345 e. The predicted molar refractivity (Wildman–Crippen MR) is 140 cm³/mol. The van der Waals surface area contributed by atoms with Crippen LogP contribution < -0.4 is 21.3 Å². The summed E-state index contributed by atoms with van der Waals surface area (Å²) in [6.07, 6.45) is 0. The molecule has 0 saturated heterocycles. The number of benzene rings is 6. The van der Waals surface area contributed by atoms with Crippen molar-refractivity contribution in [1.29, 1.82) is 5.26 Å². The molecule has 1 aliphatic heterocycles. The van der Waals surface area contributed by atoms with Gasteiger partial charge in [-0.1, -0.05) is 89.8 Å². The van der Waals surface area contributed by atoms with Crippen molar-refractivity contribution < 1.29 is 0 Å². The highest BCUT2D eigenvalue weighted by atomic mass is 15.1. The zero-order valence-corrected chi connectivity index (χ0v) is 18.2. The van der Waals surface area contributed by atoms with E-state index < -0.39 is 0 Å². The SMILES string of the molecule is CN1c2ccccc2B(c2ccccc2)c2cc3ccc(C#N)c4ccc5ccc1c2c5c34. The zero-order valence-electron chi connectivity index (χ0n) is 18.2. The molecule has 0 bridgehead atoms. The maximum atomic E-state index is 9.77. The van der Waals surface area contributed by atoms with Crippen molar-refractivity contribution >= 4 is 66.8 Å².